The SMILES string of the molecule is Cc1ccc(O)cc1SOc1ccsc1C(=O)O. The average Bonchev–Trinajstić information content (AvgIpc) is 2.79. The Labute approximate surface area is 112 Å². The maximum atomic E-state index is 10.9. The summed E-state index contributed by atoms with van der Waals surface area (Å²) < 4.78 is 5.40. The first-order chi connectivity index (χ1) is 8.58. The Morgan fingerprint density at radius 3 is 2.89 bits per heavy atom. The van der Waals surface area contributed by atoms with E-state index >= 15 is 0 Å². The average molecular weight is 282 g/mol. The van der Waals surface area contributed by atoms with Crippen LogP contribution in [0.5, 0.6) is 11.5 Å². The summed E-state index contributed by atoms with van der Waals surface area (Å²) in [7, 11) is 0. The number of rotatable bonds is 4. The van der Waals surface area contributed by atoms with Gasteiger partial charge in [-0.3, -0.25) is 0 Å². The van der Waals surface area contributed by atoms with Gasteiger partial charge in [-0.2, -0.15) is 0 Å². The Bertz CT molecular complexity index is 577. The summed E-state index contributed by atoms with van der Waals surface area (Å²) in [5.41, 5.74) is 0.949. The minimum absolute atomic E-state index is 0.149. The lowest BCUT2D eigenvalue weighted by Gasteiger charge is -2.06. The number of phenols is 1. The molecule has 2 N–H and O–H groups in total. The van der Waals surface area contributed by atoms with Gasteiger partial charge in [0.05, 0.1) is 16.9 Å². The van der Waals surface area contributed by atoms with Gasteiger partial charge in [-0.05, 0) is 36.1 Å². The third-order valence-corrected chi connectivity index (χ3v) is 3.98. The van der Waals surface area contributed by atoms with Crippen LogP contribution in [-0.4, -0.2) is 16.2 Å². The Hall–Kier alpha value is -1.66. The first kappa shape index (κ1) is 12.8. The highest BCUT2D eigenvalue weighted by Gasteiger charge is 2.14. The molecule has 0 amide bonds. The number of hydrogen-bond acceptors (Lipinski definition) is 5. The summed E-state index contributed by atoms with van der Waals surface area (Å²) in [6, 6.07) is 6.55. The van der Waals surface area contributed by atoms with Crippen molar-refractivity contribution in [3.05, 3.63) is 40.1 Å². The molecule has 1 heterocycles. The predicted octanol–water partition coefficient (Wildman–Crippen LogP) is 3.55. The van der Waals surface area contributed by atoms with Gasteiger partial charge in [-0.15, -0.1) is 11.3 Å². The summed E-state index contributed by atoms with van der Waals surface area (Å²) in [5.74, 6) is -0.538. The van der Waals surface area contributed by atoms with Crippen LogP contribution in [0.2, 0.25) is 0 Å². The number of hydrogen-bond donors (Lipinski definition) is 2. The van der Waals surface area contributed by atoms with Crippen molar-refractivity contribution >= 4 is 29.3 Å². The normalized spacial score (nSPS) is 10.3. The van der Waals surface area contributed by atoms with Crippen molar-refractivity contribution < 1.29 is 19.2 Å². The lowest BCUT2D eigenvalue weighted by molar-refractivity contribution is 0.0700. The molecule has 0 spiro atoms. The predicted molar refractivity (Wildman–Crippen MR) is 70.6 cm³/mol. The number of thiophene rings is 1. The standard InChI is InChI=1S/C12H10O4S2/c1-7-2-3-8(13)6-10(7)18-16-9-4-5-17-11(9)12(14)15/h2-6,13H,1H3,(H,14,15). The fourth-order valence-corrected chi connectivity index (χ4v) is 2.68. The molecule has 6 heteroatoms. The van der Waals surface area contributed by atoms with E-state index < -0.39 is 5.97 Å². The molecule has 0 atom stereocenters. The van der Waals surface area contributed by atoms with Gasteiger partial charge in [-0.25, -0.2) is 4.79 Å². The van der Waals surface area contributed by atoms with E-state index in [-0.39, 0.29) is 10.6 Å². The molecular formula is C12H10O4S2. The molecule has 0 aliphatic heterocycles. The smallest absolute Gasteiger partial charge is 0.349 e. The highest BCUT2D eigenvalue weighted by atomic mass is 32.2. The molecule has 2 aromatic rings. The van der Waals surface area contributed by atoms with Crippen LogP contribution in [0.1, 0.15) is 15.2 Å². The van der Waals surface area contributed by atoms with Gasteiger partial charge in [0.25, 0.3) is 0 Å². The van der Waals surface area contributed by atoms with Gasteiger partial charge in [-0.1, -0.05) is 6.07 Å². The van der Waals surface area contributed by atoms with E-state index in [0.717, 1.165) is 33.8 Å². The van der Waals surface area contributed by atoms with Gasteiger partial charge in [0.15, 0.2) is 10.6 Å². The topological polar surface area (TPSA) is 66.8 Å². The molecule has 1 aromatic heterocycles. The van der Waals surface area contributed by atoms with E-state index in [4.69, 9.17) is 9.29 Å². The second-order valence-electron chi connectivity index (χ2n) is 3.54. The third-order valence-electron chi connectivity index (χ3n) is 2.22. The van der Waals surface area contributed by atoms with Crippen LogP contribution in [0.15, 0.2) is 34.5 Å². The highest BCUT2D eigenvalue weighted by molar-refractivity contribution is 7.95. The molecule has 0 aliphatic carbocycles. The Balaban J connectivity index is 2.14. The number of carbonyl (C=O) groups is 1. The van der Waals surface area contributed by atoms with Crippen LogP contribution >= 0.6 is 23.4 Å². The van der Waals surface area contributed by atoms with Crippen molar-refractivity contribution in [1.29, 1.82) is 0 Å². The van der Waals surface area contributed by atoms with Crippen LogP contribution in [0.3, 0.4) is 0 Å². The number of aromatic carboxylic acids is 1. The lowest BCUT2D eigenvalue weighted by Crippen LogP contribution is -1.94. The minimum Gasteiger partial charge on any atom is -0.508 e. The van der Waals surface area contributed by atoms with E-state index in [1.54, 1.807) is 29.6 Å². The van der Waals surface area contributed by atoms with Gasteiger partial charge in [0.2, 0.25) is 0 Å². The Kier molecular flexibility index (Phi) is 3.78. The number of phenolic OH excluding ortho intramolecular Hbond substituents is 1. The minimum atomic E-state index is -1.01. The van der Waals surface area contributed by atoms with Gasteiger partial charge < -0.3 is 14.4 Å². The monoisotopic (exact) mass is 282 g/mol. The van der Waals surface area contributed by atoms with E-state index in [1.165, 1.54) is 0 Å². The molecular weight excluding hydrogens is 272 g/mol. The van der Waals surface area contributed by atoms with E-state index in [9.17, 15) is 9.90 Å². The Morgan fingerprint density at radius 2 is 2.17 bits per heavy atom. The van der Waals surface area contributed by atoms with Crippen molar-refractivity contribution in [2.45, 2.75) is 11.8 Å². The van der Waals surface area contributed by atoms with Crippen LogP contribution in [0, 0.1) is 6.92 Å². The van der Waals surface area contributed by atoms with Crippen molar-refractivity contribution in [2.24, 2.45) is 0 Å². The molecule has 4 nitrogen and oxygen atoms in total. The second-order valence-corrected chi connectivity index (χ2v) is 5.22. The number of aryl methyl sites for hydroxylation is 1. The van der Waals surface area contributed by atoms with Crippen LogP contribution in [-0.2, 0) is 0 Å². The quantitative estimate of drug-likeness (QED) is 0.839. The molecule has 1 aromatic carbocycles. The van der Waals surface area contributed by atoms with Crippen molar-refractivity contribution in [3.63, 3.8) is 0 Å². The fraction of sp³-hybridized carbons (Fsp3) is 0.0833. The molecule has 0 bridgehead atoms. The zero-order chi connectivity index (χ0) is 13.1. The highest BCUT2D eigenvalue weighted by Crippen LogP contribution is 2.32. The molecule has 0 radical (unpaired) electrons. The molecule has 2 rings (SSSR count). The molecule has 0 aliphatic rings. The van der Waals surface area contributed by atoms with E-state index in [1.807, 2.05) is 6.92 Å². The summed E-state index contributed by atoms with van der Waals surface area (Å²) in [6.07, 6.45) is 0. The largest absolute Gasteiger partial charge is 0.508 e. The maximum absolute atomic E-state index is 10.9. The van der Waals surface area contributed by atoms with Crippen molar-refractivity contribution in [1.82, 2.24) is 0 Å². The van der Waals surface area contributed by atoms with Gasteiger partial charge >= 0.3 is 5.97 Å². The number of aromatic hydroxyl groups is 1. The van der Waals surface area contributed by atoms with Crippen LogP contribution < -0.4 is 4.18 Å². The zero-order valence-corrected chi connectivity index (χ0v) is 11.0. The van der Waals surface area contributed by atoms with Crippen LogP contribution in [0.25, 0.3) is 0 Å². The molecule has 0 saturated carbocycles. The fourth-order valence-electron chi connectivity index (χ4n) is 1.29. The first-order valence-corrected chi connectivity index (χ1v) is 6.65. The molecule has 18 heavy (non-hydrogen) atoms. The lowest BCUT2D eigenvalue weighted by atomic mass is 10.2. The maximum Gasteiger partial charge on any atom is 0.349 e. The molecule has 0 unspecified atom stereocenters. The summed E-state index contributed by atoms with van der Waals surface area (Å²) in [4.78, 5) is 11.8. The number of benzene rings is 1. The number of carboxylic acid groups (broad SMARTS) is 1. The summed E-state index contributed by atoms with van der Waals surface area (Å²) >= 11 is 2.15. The van der Waals surface area contributed by atoms with E-state index in [2.05, 4.69) is 0 Å². The van der Waals surface area contributed by atoms with Gasteiger partial charge in [0.1, 0.15) is 5.75 Å². The second kappa shape index (κ2) is 5.32. The third kappa shape index (κ3) is 2.77. The first-order valence-electron chi connectivity index (χ1n) is 5.03. The Morgan fingerprint density at radius 1 is 1.39 bits per heavy atom. The van der Waals surface area contributed by atoms with Gasteiger partial charge in [0, 0.05) is 0 Å². The molecule has 0 saturated heterocycles. The van der Waals surface area contributed by atoms with Crippen LogP contribution in [0.4, 0.5) is 0 Å². The van der Waals surface area contributed by atoms with Crippen molar-refractivity contribution in [3.8, 4) is 11.5 Å². The molecule has 0 fully saturated rings. The van der Waals surface area contributed by atoms with E-state index in [0.29, 0.717) is 5.75 Å². The summed E-state index contributed by atoms with van der Waals surface area (Å²) in [6.45, 7) is 1.89. The number of carboxylic acids is 1. The van der Waals surface area contributed by atoms with Crippen molar-refractivity contribution in [2.75, 3.05) is 0 Å². The zero-order valence-electron chi connectivity index (χ0n) is 9.41. The summed E-state index contributed by atoms with van der Waals surface area (Å²) in [5, 5.41) is 20.0. The molecule has 94 valence electrons.